The van der Waals surface area contributed by atoms with E-state index in [1.807, 2.05) is 0 Å². The number of Topliss-reactive ketones (excluding diaryl/α,β-unsaturated/α-hetero) is 1. The highest BCUT2D eigenvalue weighted by atomic mass is 32.2. The van der Waals surface area contributed by atoms with Gasteiger partial charge in [0.15, 0.2) is 17.3 Å². The van der Waals surface area contributed by atoms with Gasteiger partial charge in [-0.2, -0.15) is 8.42 Å². The summed E-state index contributed by atoms with van der Waals surface area (Å²) in [6.07, 6.45) is 0.0547. The lowest BCUT2D eigenvalue weighted by atomic mass is 10.0. The van der Waals surface area contributed by atoms with Crippen LogP contribution in [0.3, 0.4) is 0 Å². The maximum absolute atomic E-state index is 12.3. The number of phenolic OH excluding ortho intramolecular Hbond substituents is 3. The van der Waals surface area contributed by atoms with Gasteiger partial charge in [0.25, 0.3) is 10.1 Å². The van der Waals surface area contributed by atoms with Gasteiger partial charge in [-0.05, 0) is 31.0 Å². The van der Waals surface area contributed by atoms with Crippen molar-refractivity contribution >= 4 is 15.9 Å². The van der Waals surface area contributed by atoms with Crippen LogP contribution < -0.4 is 9.47 Å². The zero-order valence-corrected chi connectivity index (χ0v) is 16.5. The Morgan fingerprint density at radius 2 is 1.69 bits per heavy atom. The Hall–Kier alpha value is -2.98. The fraction of sp³-hybridized carbons (Fsp3) is 0.316. The average molecular weight is 426 g/mol. The first kappa shape index (κ1) is 22.3. The Balaban J connectivity index is 1.98. The first-order valence-corrected chi connectivity index (χ1v) is 10.2. The first-order valence-electron chi connectivity index (χ1n) is 8.63. The summed E-state index contributed by atoms with van der Waals surface area (Å²) >= 11 is 0. The summed E-state index contributed by atoms with van der Waals surface area (Å²) < 4.78 is 40.1. The molecule has 0 saturated heterocycles. The van der Waals surface area contributed by atoms with Crippen molar-refractivity contribution < 1.29 is 42.6 Å². The smallest absolute Gasteiger partial charge is 0.264 e. The molecule has 0 heterocycles. The minimum absolute atomic E-state index is 0.0263. The van der Waals surface area contributed by atoms with E-state index in [1.165, 1.54) is 37.4 Å². The Kier molecular flexibility index (Phi) is 7.29. The molecule has 0 spiro atoms. The van der Waals surface area contributed by atoms with Gasteiger partial charge in [-0.25, -0.2) is 0 Å². The Morgan fingerprint density at radius 3 is 2.24 bits per heavy atom. The van der Waals surface area contributed by atoms with Gasteiger partial charge in [0.05, 0.1) is 19.5 Å². The van der Waals surface area contributed by atoms with Gasteiger partial charge in [-0.15, -0.1) is 0 Å². The van der Waals surface area contributed by atoms with Crippen molar-refractivity contribution in [3.63, 3.8) is 0 Å². The largest absolute Gasteiger partial charge is 0.507 e. The number of rotatable bonds is 10. The number of hydrogen-bond acceptors (Lipinski definition) is 8. The molecule has 9 nitrogen and oxygen atoms in total. The van der Waals surface area contributed by atoms with E-state index < -0.39 is 15.9 Å². The number of benzene rings is 2. The highest BCUT2D eigenvalue weighted by Gasteiger charge is 2.15. The van der Waals surface area contributed by atoms with Crippen molar-refractivity contribution in [3.8, 4) is 28.7 Å². The van der Waals surface area contributed by atoms with Crippen molar-refractivity contribution in [3.05, 3.63) is 41.5 Å². The minimum atomic E-state index is -4.08. The van der Waals surface area contributed by atoms with E-state index in [0.29, 0.717) is 0 Å². The summed E-state index contributed by atoms with van der Waals surface area (Å²) in [6.45, 7) is -0.0442. The van der Waals surface area contributed by atoms with Gasteiger partial charge in [0.1, 0.15) is 17.2 Å². The molecule has 158 valence electrons. The van der Waals surface area contributed by atoms with Crippen molar-refractivity contribution in [2.75, 3.05) is 19.5 Å². The maximum Gasteiger partial charge on any atom is 0.264 e. The predicted octanol–water partition coefficient (Wildman–Crippen LogP) is 2.28. The van der Waals surface area contributed by atoms with Crippen LogP contribution in [0.15, 0.2) is 30.3 Å². The number of phenols is 3. The van der Waals surface area contributed by atoms with Crippen LogP contribution in [0.25, 0.3) is 0 Å². The third-order valence-corrected chi connectivity index (χ3v) is 4.90. The molecule has 0 aromatic heterocycles. The van der Waals surface area contributed by atoms with E-state index in [2.05, 4.69) is 0 Å². The van der Waals surface area contributed by atoms with Gasteiger partial charge in [-0.1, -0.05) is 0 Å². The number of hydrogen-bond donors (Lipinski definition) is 4. The number of carbonyl (C=O) groups is 1. The second kappa shape index (κ2) is 9.48. The van der Waals surface area contributed by atoms with Crippen LogP contribution in [-0.2, 0) is 16.5 Å². The van der Waals surface area contributed by atoms with E-state index in [1.54, 1.807) is 0 Å². The van der Waals surface area contributed by atoms with Gasteiger partial charge in [0, 0.05) is 29.7 Å². The zero-order valence-electron chi connectivity index (χ0n) is 15.7. The first-order chi connectivity index (χ1) is 13.6. The molecular formula is C19H22O9S. The van der Waals surface area contributed by atoms with Gasteiger partial charge in [0.2, 0.25) is 0 Å². The Morgan fingerprint density at radius 1 is 1.03 bits per heavy atom. The lowest BCUT2D eigenvalue weighted by Gasteiger charge is -2.11. The third kappa shape index (κ3) is 6.54. The van der Waals surface area contributed by atoms with Crippen molar-refractivity contribution in [1.82, 2.24) is 0 Å². The molecular weight excluding hydrogens is 404 g/mol. The van der Waals surface area contributed by atoms with Gasteiger partial charge in [-0.3, -0.25) is 9.35 Å². The SMILES string of the molecule is COc1ccc(C(=O)CCc2c(O)cc(OCCCS(=O)(=O)O)cc2O)cc1O. The second-order valence-electron chi connectivity index (χ2n) is 6.24. The van der Waals surface area contributed by atoms with Crippen LogP contribution in [0, 0.1) is 0 Å². The molecule has 4 N–H and O–H groups in total. The lowest BCUT2D eigenvalue weighted by molar-refractivity contribution is 0.0982. The van der Waals surface area contributed by atoms with Crippen molar-refractivity contribution in [2.45, 2.75) is 19.3 Å². The topological polar surface area (TPSA) is 151 Å². The van der Waals surface area contributed by atoms with Crippen LogP contribution in [-0.4, -0.2) is 53.5 Å². The zero-order chi connectivity index (χ0) is 21.6. The van der Waals surface area contributed by atoms with E-state index in [4.69, 9.17) is 14.0 Å². The van der Waals surface area contributed by atoms with Crippen LogP contribution in [0.4, 0.5) is 0 Å². The molecule has 0 bridgehead atoms. The molecule has 0 amide bonds. The van der Waals surface area contributed by atoms with Crippen LogP contribution >= 0.6 is 0 Å². The monoisotopic (exact) mass is 426 g/mol. The van der Waals surface area contributed by atoms with Gasteiger partial charge < -0.3 is 24.8 Å². The molecule has 2 aromatic carbocycles. The van der Waals surface area contributed by atoms with E-state index in [9.17, 15) is 28.5 Å². The van der Waals surface area contributed by atoms with Crippen molar-refractivity contribution in [1.29, 1.82) is 0 Å². The fourth-order valence-electron chi connectivity index (χ4n) is 2.63. The summed E-state index contributed by atoms with van der Waals surface area (Å²) in [5.74, 6) is -1.13. The van der Waals surface area contributed by atoms with Gasteiger partial charge >= 0.3 is 0 Å². The molecule has 10 heteroatoms. The molecule has 29 heavy (non-hydrogen) atoms. The molecule has 0 saturated carbocycles. The summed E-state index contributed by atoms with van der Waals surface area (Å²) in [7, 11) is -2.69. The lowest BCUT2D eigenvalue weighted by Crippen LogP contribution is -2.08. The number of ketones is 1. The Bertz CT molecular complexity index is 960. The van der Waals surface area contributed by atoms with E-state index in [0.717, 1.165) is 0 Å². The fourth-order valence-corrected chi connectivity index (χ4v) is 3.12. The van der Waals surface area contributed by atoms with Crippen LogP contribution in [0.1, 0.15) is 28.8 Å². The summed E-state index contributed by atoms with van der Waals surface area (Å²) in [6, 6.07) is 6.73. The molecule has 0 unspecified atom stereocenters. The predicted molar refractivity (Wildman–Crippen MR) is 104 cm³/mol. The second-order valence-corrected chi connectivity index (χ2v) is 7.81. The highest BCUT2D eigenvalue weighted by Crippen LogP contribution is 2.34. The summed E-state index contributed by atoms with van der Waals surface area (Å²) in [5.41, 5.74) is 0.419. The minimum Gasteiger partial charge on any atom is -0.507 e. The normalized spacial score (nSPS) is 11.2. The van der Waals surface area contributed by atoms with Crippen molar-refractivity contribution in [2.24, 2.45) is 0 Å². The number of aromatic hydroxyl groups is 3. The number of carbonyl (C=O) groups excluding carboxylic acids is 1. The number of ether oxygens (including phenoxy) is 2. The van der Waals surface area contributed by atoms with Crippen LogP contribution in [0.2, 0.25) is 0 Å². The summed E-state index contributed by atoms with van der Waals surface area (Å²) in [4.78, 5) is 12.3. The molecule has 0 aliphatic carbocycles. The Labute approximate surface area is 167 Å². The average Bonchev–Trinajstić information content (AvgIpc) is 2.63. The number of methoxy groups -OCH3 is 1. The van der Waals surface area contributed by atoms with Crippen LogP contribution in [0.5, 0.6) is 28.7 Å². The molecule has 0 aliphatic rings. The van der Waals surface area contributed by atoms with E-state index in [-0.39, 0.29) is 71.5 Å². The molecule has 2 aromatic rings. The molecule has 0 atom stereocenters. The molecule has 0 aliphatic heterocycles. The third-order valence-electron chi connectivity index (χ3n) is 4.09. The maximum atomic E-state index is 12.3. The standard InChI is InChI=1S/C19H22O9S/c1-27-19-6-3-12(9-18(19)23)15(20)5-4-14-16(21)10-13(11-17(14)22)28-7-2-8-29(24,25)26/h3,6,9-11,21-23H,2,4-5,7-8H2,1H3,(H,24,25,26). The molecule has 0 fully saturated rings. The highest BCUT2D eigenvalue weighted by molar-refractivity contribution is 7.85. The molecule has 0 radical (unpaired) electrons. The molecule has 2 rings (SSSR count). The summed E-state index contributed by atoms with van der Waals surface area (Å²) in [5, 5.41) is 30.0. The van der Waals surface area contributed by atoms with E-state index >= 15 is 0 Å². The quantitative estimate of drug-likeness (QED) is 0.255.